The molecule has 4 rings (SSSR count). The summed E-state index contributed by atoms with van der Waals surface area (Å²) in [7, 11) is 0. The van der Waals surface area contributed by atoms with E-state index >= 15 is 0 Å². The number of H-pyrrole nitrogens is 1. The van der Waals surface area contributed by atoms with Crippen LogP contribution in [0.3, 0.4) is 0 Å². The van der Waals surface area contributed by atoms with Crippen LogP contribution >= 0.6 is 12.4 Å². The Morgan fingerprint density at radius 2 is 2.04 bits per heavy atom. The van der Waals surface area contributed by atoms with Crippen molar-refractivity contribution in [3.63, 3.8) is 0 Å². The molecule has 3 aromatic rings. The number of likely N-dealkylation sites (tertiary alicyclic amines) is 1. The topological polar surface area (TPSA) is 41.1 Å². The Balaban J connectivity index is 0.00000169. The largest absolute Gasteiger partial charge is 0.489 e. The fourth-order valence-electron chi connectivity index (χ4n) is 3.07. The highest BCUT2D eigenvalue weighted by molar-refractivity contribution is 5.85. The lowest BCUT2D eigenvalue weighted by molar-refractivity contribution is 0.198. The van der Waals surface area contributed by atoms with Gasteiger partial charge < -0.3 is 4.74 Å². The lowest BCUT2D eigenvalue weighted by Gasteiger charge is -2.17. The number of hydrogen-bond acceptors (Lipinski definition) is 3. The molecule has 0 amide bonds. The van der Waals surface area contributed by atoms with Crippen LogP contribution in [0.25, 0.3) is 10.9 Å². The van der Waals surface area contributed by atoms with Gasteiger partial charge in [0.2, 0.25) is 0 Å². The Hall–Kier alpha value is -2.11. The number of aromatic nitrogens is 2. The summed E-state index contributed by atoms with van der Waals surface area (Å²) in [6.45, 7) is 2.72. The second-order valence-corrected chi connectivity index (χ2v) is 6.01. The van der Waals surface area contributed by atoms with Crippen molar-refractivity contribution in [1.82, 2.24) is 15.1 Å². The maximum atomic E-state index is 13.0. The first-order valence-electron chi connectivity index (χ1n) is 7.83. The van der Waals surface area contributed by atoms with Gasteiger partial charge in [0.15, 0.2) is 0 Å². The Morgan fingerprint density at radius 3 is 2.88 bits per heavy atom. The maximum absolute atomic E-state index is 13.0. The van der Waals surface area contributed by atoms with E-state index in [-0.39, 0.29) is 24.3 Å². The number of fused-ring (bicyclic) bond motifs is 1. The van der Waals surface area contributed by atoms with Crippen molar-refractivity contribution in [1.29, 1.82) is 0 Å². The van der Waals surface area contributed by atoms with E-state index in [0.717, 1.165) is 48.3 Å². The fraction of sp³-hybridized carbons (Fsp3) is 0.278. The van der Waals surface area contributed by atoms with Gasteiger partial charge in [0, 0.05) is 25.0 Å². The Morgan fingerprint density at radius 1 is 1.21 bits per heavy atom. The molecule has 6 heteroatoms. The molecule has 126 valence electrons. The van der Waals surface area contributed by atoms with Gasteiger partial charge in [-0.3, -0.25) is 10.00 Å². The van der Waals surface area contributed by atoms with E-state index in [0.29, 0.717) is 0 Å². The van der Waals surface area contributed by atoms with Gasteiger partial charge in [-0.25, -0.2) is 4.39 Å². The number of nitrogens with zero attached hydrogens (tertiary/aromatic N) is 2. The van der Waals surface area contributed by atoms with Crippen molar-refractivity contribution in [2.24, 2.45) is 0 Å². The molecule has 4 nitrogen and oxygen atoms in total. The molecule has 0 spiro atoms. The first-order valence-corrected chi connectivity index (χ1v) is 7.83. The highest BCUT2D eigenvalue weighted by atomic mass is 35.5. The maximum Gasteiger partial charge on any atom is 0.123 e. The van der Waals surface area contributed by atoms with E-state index in [1.54, 1.807) is 6.20 Å². The van der Waals surface area contributed by atoms with Crippen LogP contribution in [-0.4, -0.2) is 34.3 Å². The predicted molar refractivity (Wildman–Crippen MR) is 94.1 cm³/mol. The van der Waals surface area contributed by atoms with E-state index in [4.69, 9.17) is 4.74 Å². The molecule has 1 aliphatic rings. The van der Waals surface area contributed by atoms with Crippen LogP contribution in [0.5, 0.6) is 5.75 Å². The number of nitrogens with one attached hydrogen (secondary N) is 1. The SMILES string of the molecule is Cl.Fc1ccc(CN2CCC(Oc3ccc4[nH]ncc4c3)C2)cc1. The average Bonchev–Trinajstić information content (AvgIpc) is 3.18. The monoisotopic (exact) mass is 347 g/mol. The summed E-state index contributed by atoms with van der Waals surface area (Å²) >= 11 is 0. The third kappa shape index (κ3) is 3.68. The lowest BCUT2D eigenvalue weighted by Crippen LogP contribution is -2.24. The van der Waals surface area contributed by atoms with Crippen LogP contribution in [0.2, 0.25) is 0 Å². The van der Waals surface area contributed by atoms with E-state index in [2.05, 4.69) is 15.1 Å². The summed E-state index contributed by atoms with van der Waals surface area (Å²) in [5.41, 5.74) is 2.15. The number of halogens is 2. The molecular weight excluding hydrogens is 329 g/mol. The zero-order chi connectivity index (χ0) is 15.6. The van der Waals surface area contributed by atoms with Crippen LogP contribution in [-0.2, 0) is 6.54 Å². The highest BCUT2D eigenvalue weighted by Crippen LogP contribution is 2.23. The van der Waals surface area contributed by atoms with E-state index in [9.17, 15) is 4.39 Å². The summed E-state index contributed by atoms with van der Waals surface area (Å²) in [6, 6.07) is 12.7. The number of benzene rings is 2. The van der Waals surface area contributed by atoms with Crippen molar-refractivity contribution < 1.29 is 9.13 Å². The van der Waals surface area contributed by atoms with E-state index < -0.39 is 0 Å². The first-order chi connectivity index (χ1) is 11.3. The van der Waals surface area contributed by atoms with Crippen LogP contribution in [0, 0.1) is 5.82 Å². The predicted octanol–water partition coefficient (Wildman–Crippen LogP) is 3.78. The van der Waals surface area contributed by atoms with Crippen LogP contribution < -0.4 is 4.74 Å². The Kier molecular flexibility index (Phi) is 5.02. The van der Waals surface area contributed by atoms with Gasteiger partial charge >= 0.3 is 0 Å². The second kappa shape index (κ2) is 7.20. The van der Waals surface area contributed by atoms with Crippen LogP contribution in [0.1, 0.15) is 12.0 Å². The molecule has 1 saturated heterocycles. The van der Waals surface area contributed by atoms with Gasteiger partial charge in [-0.15, -0.1) is 12.4 Å². The summed E-state index contributed by atoms with van der Waals surface area (Å²) in [6.07, 6.45) is 3.00. The quantitative estimate of drug-likeness (QED) is 0.781. The number of rotatable bonds is 4. The third-order valence-electron chi connectivity index (χ3n) is 4.26. The van der Waals surface area contributed by atoms with Crippen molar-refractivity contribution in [2.75, 3.05) is 13.1 Å². The van der Waals surface area contributed by atoms with Gasteiger partial charge in [-0.1, -0.05) is 12.1 Å². The minimum absolute atomic E-state index is 0. The van der Waals surface area contributed by atoms with Gasteiger partial charge in [-0.05, 0) is 42.3 Å². The fourth-order valence-corrected chi connectivity index (χ4v) is 3.07. The molecule has 0 bridgehead atoms. The lowest BCUT2D eigenvalue weighted by atomic mass is 10.2. The summed E-state index contributed by atoms with van der Waals surface area (Å²) in [5, 5.41) is 8.02. The first kappa shape index (κ1) is 16.7. The molecule has 0 aliphatic carbocycles. The van der Waals surface area contributed by atoms with Crippen molar-refractivity contribution in [3.05, 3.63) is 60.0 Å². The zero-order valence-corrected chi connectivity index (χ0v) is 13.9. The standard InChI is InChI=1S/C18H18FN3O.ClH/c19-15-3-1-13(2-4-15)11-22-8-7-17(12-22)23-16-5-6-18-14(9-16)10-20-21-18;/h1-6,9-10,17H,7-8,11-12H2,(H,20,21);1H. The summed E-state index contributed by atoms with van der Waals surface area (Å²) in [4.78, 5) is 2.34. The molecule has 0 saturated carbocycles. The van der Waals surface area contributed by atoms with E-state index in [1.807, 2.05) is 30.3 Å². The van der Waals surface area contributed by atoms with Crippen LogP contribution in [0.4, 0.5) is 4.39 Å². The smallest absolute Gasteiger partial charge is 0.123 e. The van der Waals surface area contributed by atoms with Crippen LogP contribution in [0.15, 0.2) is 48.7 Å². The minimum Gasteiger partial charge on any atom is -0.489 e. The number of aromatic amines is 1. The van der Waals surface area contributed by atoms with E-state index in [1.165, 1.54) is 12.1 Å². The number of hydrogen-bond donors (Lipinski definition) is 1. The van der Waals surface area contributed by atoms with Gasteiger partial charge in [0.05, 0.1) is 11.7 Å². The third-order valence-corrected chi connectivity index (χ3v) is 4.26. The molecule has 1 N–H and O–H groups in total. The van der Waals surface area contributed by atoms with Gasteiger partial charge in [0.25, 0.3) is 0 Å². The molecular formula is C18H19ClFN3O. The molecule has 1 aromatic heterocycles. The van der Waals surface area contributed by atoms with Crippen molar-refractivity contribution in [3.8, 4) is 5.75 Å². The highest BCUT2D eigenvalue weighted by Gasteiger charge is 2.24. The summed E-state index contributed by atoms with van der Waals surface area (Å²) in [5.74, 6) is 0.693. The van der Waals surface area contributed by atoms with Crippen molar-refractivity contribution >= 4 is 23.3 Å². The minimum atomic E-state index is -0.189. The zero-order valence-electron chi connectivity index (χ0n) is 13.1. The normalized spacial score (nSPS) is 17.8. The second-order valence-electron chi connectivity index (χ2n) is 6.01. The molecule has 1 aliphatic heterocycles. The molecule has 2 heterocycles. The number of ether oxygens (including phenoxy) is 1. The molecule has 1 fully saturated rings. The molecule has 1 unspecified atom stereocenters. The molecule has 0 radical (unpaired) electrons. The molecule has 2 aromatic carbocycles. The van der Waals surface area contributed by atoms with Gasteiger partial charge in [0.1, 0.15) is 17.7 Å². The summed E-state index contributed by atoms with van der Waals surface area (Å²) < 4.78 is 19.0. The molecule has 24 heavy (non-hydrogen) atoms. The molecule has 1 atom stereocenters. The Labute approximate surface area is 146 Å². The van der Waals surface area contributed by atoms with Crippen molar-refractivity contribution in [2.45, 2.75) is 19.1 Å². The average molecular weight is 348 g/mol. The van der Waals surface area contributed by atoms with Gasteiger partial charge in [-0.2, -0.15) is 5.10 Å². The Bertz CT molecular complexity index is 805.